The Kier molecular flexibility index (Phi) is 9.72. The van der Waals surface area contributed by atoms with Crippen molar-refractivity contribution in [2.75, 3.05) is 6.61 Å². The highest BCUT2D eigenvalue weighted by molar-refractivity contribution is 5.86. The normalized spacial score (nSPS) is 10.7. The number of carbonyl (C=O) groups excluding carboxylic acids is 1. The van der Waals surface area contributed by atoms with E-state index in [2.05, 4.69) is 6.92 Å². The fourth-order valence-electron chi connectivity index (χ4n) is 2.22. The third kappa shape index (κ3) is 8.03. The minimum Gasteiger partial charge on any atom is -0.460 e. The van der Waals surface area contributed by atoms with Crippen LogP contribution >= 0.6 is 0 Å². The maximum Gasteiger partial charge on any atom is 0.374 e. The number of ether oxygens (including phenoxy) is 1. The highest BCUT2D eigenvalue weighted by atomic mass is 16.5. The number of unbranched alkanes of at least 4 members (excludes halogenated alkanes) is 9. The van der Waals surface area contributed by atoms with Crippen LogP contribution in [0.3, 0.4) is 0 Å². The summed E-state index contributed by atoms with van der Waals surface area (Å²) in [7, 11) is 0. The minimum absolute atomic E-state index is 0.289. The van der Waals surface area contributed by atoms with Gasteiger partial charge >= 0.3 is 5.97 Å². The second kappa shape index (κ2) is 11.6. The zero-order valence-corrected chi connectivity index (χ0v) is 12.7. The molecular formula is C17H28O3. The minimum atomic E-state index is -0.356. The molecule has 0 saturated carbocycles. The van der Waals surface area contributed by atoms with Crippen molar-refractivity contribution >= 4 is 5.97 Å². The van der Waals surface area contributed by atoms with Crippen LogP contribution in [0.1, 0.15) is 81.7 Å². The summed E-state index contributed by atoms with van der Waals surface area (Å²) in [5.41, 5.74) is 0. The molecule has 0 bridgehead atoms. The van der Waals surface area contributed by atoms with E-state index in [0.717, 1.165) is 12.8 Å². The fourth-order valence-corrected chi connectivity index (χ4v) is 2.22. The van der Waals surface area contributed by atoms with Crippen molar-refractivity contribution in [3.8, 4) is 0 Å². The van der Waals surface area contributed by atoms with Crippen LogP contribution < -0.4 is 0 Å². The quantitative estimate of drug-likeness (QED) is 0.382. The largest absolute Gasteiger partial charge is 0.460 e. The summed E-state index contributed by atoms with van der Waals surface area (Å²) in [5.74, 6) is -0.0667. The van der Waals surface area contributed by atoms with E-state index in [1.54, 1.807) is 12.1 Å². The summed E-state index contributed by atoms with van der Waals surface area (Å²) < 4.78 is 10.1. The van der Waals surface area contributed by atoms with Crippen molar-refractivity contribution in [3.05, 3.63) is 24.2 Å². The molecule has 114 valence electrons. The van der Waals surface area contributed by atoms with E-state index in [-0.39, 0.29) is 11.7 Å². The number of hydrogen-bond acceptors (Lipinski definition) is 3. The first-order valence-corrected chi connectivity index (χ1v) is 8.05. The van der Waals surface area contributed by atoms with Crippen molar-refractivity contribution in [2.24, 2.45) is 0 Å². The van der Waals surface area contributed by atoms with Crippen LogP contribution in [0.25, 0.3) is 0 Å². The van der Waals surface area contributed by atoms with Crippen LogP contribution in [-0.2, 0) is 4.74 Å². The molecule has 1 aromatic rings. The van der Waals surface area contributed by atoms with E-state index in [1.165, 1.54) is 57.6 Å². The Bertz CT molecular complexity index is 330. The van der Waals surface area contributed by atoms with Crippen LogP contribution in [0.2, 0.25) is 0 Å². The van der Waals surface area contributed by atoms with Gasteiger partial charge in [0.2, 0.25) is 5.76 Å². The van der Waals surface area contributed by atoms with Crippen LogP contribution in [0.5, 0.6) is 0 Å². The molecule has 0 aliphatic carbocycles. The van der Waals surface area contributed by atoms with Gasteiger partial charge in [0.25, 0.3) is 0 Å². The number of furan rings is 1. The summed E-state index contributed by atoms with van der Waals surface area (Å²) in [6.45, 7) is 2.74. The lowest BCUT2D eigenvalue weighted by Crippen LogP contribution is -2.05. The van der Waals surface area contributed by atoms with Crippen molar-refractivity contribution in [2.45, 2.75) is 71.1 Å². The summed E-state index contributed by atoms with van der Waals surface area (Å²) >= 11 is 0. The predicted octanol–water partition coefficient (Wildman–Crippen LogP) is 5.36. The molecule has 3 nitrogen and oxygen atoms in total. The van der Waals surface area contributed by atoms with Gasteiger partial charge in [-0.15, -0.1) is 0 Å². The molecule has 0 aliphatic heterocycles. The average molecular weight is 280 g/mol. The molecule has 20 heavy (non-hydrogen) atoms. The third-order valence-corrected chi connectivity index (χ3v) is 3.45. The monoisotopic (exact) mass is 280 g/mol. The molecule has 3 heteroatoms. The maximum absolute atomic E-state index is 11.5. The average Bonchev–Trinajstić information content (AvgIpc) is 2.99. The van der Waals surface area contributed by atoms with Crippen LogP contribution in [-0.4, -0.2) is 12.6 Å². The van der Waals surface area contributed by atoms with E-state index < -0.39 is 0 Å². The maximum atomic E-state index is 11.5. The molecule has 0 fully saturated rings. The van der Waals surface area contributed by atoms with Gasteiger partial charge in [-0.25, -0.2) is 4.79 Å². The Morgan fingerprint density at radius 3 is 2.15 bits per heavy atom. The second-order valence-corrected chi connectivity index (χ2v) is 5.30. The number of esters is 1. The van der Waals surface area contributed by atoms with Crippen LogP contribution in [0, 0.1) is 0 Å². The first-order chi connectivity index (χ1) is 9.84. The predicted molar refractivity (Wildman–Crippen MR) is 80.8 cm³/mol. The second-order valence-electron chi connectivity index (χ2n) is 5.30. The molecule has 0 atom stereocenters. The molecule has 0 aliphatic rings. The number of carbonyl (C=O) groups is 1. The van der Waals surface area contributed by atoms with E-state index in [9.17, 15) is 4.79 Å². The fraction of sp³-hybridized carbons (Fsp3) is 0.706. The molecule has 1 aromatic heterocycles. The Morgan fingerprint density at radius 2 is 1.60 bits per heavy atom. The van der Waals surface area contributed by atoms with Gasteiger partial charge in [-0.05, 0) is 18.6 Å². The molecule has 0 unspecified atom stereocenters. The first kappa shape index (κ1) is 16.8. The Labute approximate surface area is 122 Å². The van der Waals surface area contributed by atoms with Crippen molar-refractivity contribution in [1.29, 1.82) is 0 Å². The smallest absolute Gasteiger partial charge is 0.374 e. The lowest BCUT2D eigenvalue weighted by molar-refractivity contribution is 0.0461. The molecule has 0 amide bonds. The molecule has 1 heterocycles. The zero-order chi connectivity index (χ0) is 14.5. The van der Waals surface area contributed by atoms with Gasteiger partial charge in [0.1, 0.15) is 0 Å². The first-order valence-electron chi connectivity index (χ1n) is 8.05. The van der Waals surface area contributed by atoms with Gasteiger partial charge in [-0.2, -0.15) is 0 Å². The Balaban J connectivity index is 1.82. The lowest BCUT2D eigenvalue weighted by atomic mass is 10.1. The van der Waals surface area contributed by atoms with Gasteiger partial charge < -0.3 is 9.15 Å². The van der Waals surface area contributed by atoms with Crippen LogP contribution in [0.15, 0.2) is 22.8 Å². The standard InChI is InChI=1S/C17H28O3/c1-2-3-4-5-6-7-8-9-10-11-14-20-17(18)16-13-12-15-19-16/h12-13,15H,2-11,14H2,1H3. The number of hydrogen-bond donors (Lipinski definition) is 0. The van der Waals surface area contributed by atoms with E-state index >= 15 is 0 Å². The van der Waals surface area contributed by atoms with Crippen molar-refractivity contribution in [1.82, 2.24) is 0 Å². The molecule has 0 saturated heterocycles. The summed E-state index contributed by atoms with van der Waals surface area (Å²) in [6, 6.07) is 3.32. The molecule has 1 rings (SSSR count). The zero-order valence-electron chi connectivity index (χ0n) is 12.7. The van der Waals surface area contributed by atoms with Gasteiger partial charge in [0.15, 0.2) is 0 Å². The summed E-state index contributed by atoms with van der Waals surface area (Å²) in [5, 5.41) is 0. The SMILES string of the molecule is CCCCCCCCCCCCOC(=O)c1ccco1. The Morgan fingerprint density at radius 1 is 1.00 bits per heavy atom. The topological polar surface area (TPSA) is 39.4 Å². The highest BCUT2D eigenvalue weighted by Gasteiger charge is 2.08. The van der Waals surface area contributed by atoms with E-state index in [1.807, 2.05) is 0 Å². The molecule has 0 N–H and O–H groups in total. The lowest BCUT2D eigenvalue weighted by Gasteiger charge is -2.03. The van der Waals surface area contributed by atoms with Gasteiger partial charge in [-0.3, -0.25) is 0 Å². The Hall–Kier alpha value is -1.25. The van der Waals surface area contributed by atoms with E-state index in [4.69, 9.17) is 9.15 Å². The molecular weight excluding hydrogens is 252 g/mol. The highest BCUT2D eigenvalue weighted by Crippen LogP contribution is 2.10. The van der Waals surface area contributed by atoms with Gasteiger partial charge in [0, 0.05) is 0 Å². The van der Waals surface area contributed by atoms with Gasteiger partial charge in [0.05, 0.1) is 12.9 Å². The van der Waals surface area contributed by atoms with Crippen molar-refractivity contribution in [3.63, 3.8) is 0 Å². The molecule has 0 spiro atoms. The molecule has 0 aromatic carbocycles. The third-order valence-electron chi connectivity index (χ3n) is 3.45. The van der Waals surface area contributed by atoms with Crippen molar-refractivity contribution < 1.29 is 13.9 Å². The number of rotatable bonds is 12. The van der Waals surface area contributed by atoms with E-state index in [0.29, 0.717) is 6.61 Å². The molecule has 0 radical (unpaired) electrons. The summed E-state index contributed by atoms with van der Waals surface area (Å²) in [4.78, 5) is 11.5. The van der Waals surface area contributed by atoms with Crippen LogP contribution in [0.4, 0.5) is 0 Å². The van der Waals surface area contributed by atoms with Gasteiger partial charge in [-0.1, -0.05) is 64.7 Å². The summed E-state index contributed by atoms with van der Waals surface area (Å²) in [6.07, 6.45) is 14.3.